The van der Waals surface area contributed by atoms with Crippen molar-refractivity contribution in [3.63, 3.8) is 0 Å². The summed E-state index contributed by atoms with van der Waals surface area (Å²) in [5.74, 6) is 1.09. The van der Waals surface area contributed by atoms with E-state index < -0.39 is 0 Å². The molecule has 1 fully saturated rings. The van der Waals surface area contributed by atoms with Crippen LogP contribution in [0, 0.1) is 0 Å². The van der Waals surface area contributed by atoms with Crippen molar-refractivity contribution in [1.82, 2.24) is 25.0 Å². The fourth-order valence-electron chi connectivity index (χ4n) is 3.24. The summed E-state index contributed by atoms with van der Waals surface area (Å²) in [6.07, 6.45) is 3.92. The Balaban J connectivity index is 2.07. The summed E-state index contributed by atoms with van der Waals surface area (Å²) in [5, 5.41) is 8.08. The Labute approximate surface area is 122 Å². The lowest BCUT2D eigenvalue weighted by atomic mass is 9.96. The van der Waals surface area contributed by atoms with Crippen molar-refractivity contribution in [3.8, 4) is 0 Å². The van der Waals surface area contributed by atoms with Crippen LogP contribution in [0.4, 0.5) is 0 Å². The third-order valence-electron chi connectivity index (χ3n) is 3.84. The van der Waals surface area contributed by atoms with E-state index in [-0.39, 0.29) is 11.1 Å². The summed E-state index contributed by atoms with van der Waals surface area (Å²) in [7, 11) is 0. The molecule has 1 N–H and O–H groups in total. The van der Waals surface area contributed by atoms with E-state index >= 15 is 0 Å². The normalized spacial score (nSPS) is 22.6. The lowest BCUT2D eigenvalue weighted by Gasteiger charge is -2.34. The van der Waals surface area contributed by atoms with Crippen LogP contribution in [-0.4, -0.2) is 43.8 Å². The first-order valence-corrected chi connectivity index (χ1v) is 7.70. The zero-order valence-electron chi connectivity index (χ0n) is 13.6. The highest BCUT2D eigenvalue weighted by molar-refractivity contribution is 4.96. The average Bonchev–Trinajstić information content (AvgIpc) is 2.68. The van der Waals surface area contributed by atoms with Gasteiger partial charge < -0.3 is 5.32 Å². The van der Waals surface area contributed by atoms with Gasteiger partial charge in [-0.3, -0.25) is 4.90 Å². The molecule has 0 unspecified atom stereocenters. The molecule has 0 amide bonds. The van der Waals surface area contributed by atoms with Crippen molar-refractivity contribution >= 4 is 0 Å². The first-order chi connectivity index (χ1) is 9.31. The van der Waals surface area contributed by atoms with E-state index in [1.165, 1.54) is 0 Å². The maximum atomic E-state index is 4.43. The van der Waals surface area contributed by atoms with Gasteiger partial charge in [-0.25, -0.2) is 9.67 Å². The van der Waals surface area contributed by atoms with E-state index in [2.05, 4.69) is 54.9 Å². The predicted octanol–water partition coefficient (Wildman–Crippen LogP) is 2.04. The molecule has 0 atom stereocenters. The van der Waals surface area contributed by atoms with Crippen molar-refractivity contribution in [2.75, 3.05) is 13.1 Å². The van der Waals surface area contributed by atoms with Crippen molar-refractivity contribution in [2.45, 2.75) is 71.6 Å². The Morgan fingerprint density at radius 2 is 2.00 bits per heavy atom. The molecule has 2 rings (SSSR count). The van der Waals surface area contributed by atoms with Gasteiger partial charge in [0.05, 0.1) is 6.54 Å². The number of hydrogen-bond donors (Lipinski definition) is 1. The molecule has 0 aromatic carbocycles. The molecule has 1 saturated heterocycles. The van der Waals surface area contributed by atoms with Crippen LogP contribution in [0.3, 0.4) is 0 Å². The Kier molecular flexibility index (Phi) is 4.49. The van der Waals surface area contributed by atoms with Crippen LogP contribution in [0.1, 0.15) is 53.3 Å². The summed E-state index contributed by atoms with van der Waals surface area (Å²) in [6, 6.07) is 0. The Morgan fingerprint density at radius 1 is 1.25 bits per heavy atom. The Morgan fingerprint density at radius 3 is 2.70 bits per heavy atom. The van der Waals surface area contributed by atoms with Crippen LogP contribution in [0.2, 0.25) is 0 Å². The molecule has 1 aliphatic heterocycles. The maximum absolute atomic E-state index is 4.43. The minimum Gasteiger partial charge on any atom is -0.306 e. The van der Waals surface area contributed by atoms with Crippen LogP contribution in [-0.2, 0) is 13.1 Å². The number of aryl methyl sites for hydroxylation is 1. The quantitative estimate of drug-likeness (QED) is 0.916. The van der Waals surface area contributed by atoms with E-state index in [0.29, 0.717) is 0 Å². The summed E-state index contributed by atoms with van der Waals surface area (Å²) in [5.41, 5.74) is 0.310. The second kappa shape index (κ2) is 5.82. The molecule has 5 nitrogen and oxygen atoms in total. The van der Waals surface area contributed by atoms with Crippen LogP contribution in [0.15, 0.2) is 6.33 Å². The molecular formula is C15H29N5. The van der Waals surface area contributed by atoms with E-state index in [9.17, 15) is 0 Å². The monoisotopic (exact) mass is 279 g/mol. The molecule has 2 heterocycles. The first kappa shape index (κ1) is 15.4. The van der Waals surface area contributed by atoms with Crippen LogP contribution in [0.25, 0.3) is 0 Å². The van der Waals surface area contributed by atoms with Crippen LogP contribution >= 0.6 is 0 Å². The number of hydrogen-bond acceptors (Lipinski definition) is 4. The molecule has 1 aromatic rings. The van der Waals surface area contributed by atoms with Crippen LogP contribution < -0.4 is 5.32 Å². The van der Waals surface area contributed by atoms with Crippen LogP contribution in [0.5, 0.6) is 0 Å². The van der Waals surface area contributed by atoms with Crippen molar-refractivity contribution in [3.05, 3.63) is 12.2 Å². The fraction of sp³-hybridized carbons (Fsp3) is 0.867. The standard InChI is InChI=1S/C15H29N5/c1-6-8-20-13(16-12-17-20)10-19-9-7-14(2,3)18-15(4,5)11-19/h12,18H,6-11H2,1-5H3. The lowest BCUT2D eigenvalue weighted by Crippen LogP contribution is -2.53. The summed E-state index contributed by atoms with van der Waals surface area (Å²) >= 11 is 0. The average molecular weight is 279 g/mol. The fourth-order valence-corrected chi connectivity index (χ4v) is 3.24. The zero-order valence-corrected chi connectivity index (χ0v) is 13.6. The van der Waals surface area contributed by atoms with Crippen molar-refractivity contribution in [2.24, 2.45) is 0 Å². The number of nitrogens with zero attached hydrogens (tertiary/aromatic N) is 4. The summed E-state index contributed by atoms with van der Waals surface area (Å²) < 4.78 is 2.04. The van der Waals surface area contributed by atoms with Gasteiger partial charge >= 0.3 is 0 Å². The Hall–Kier alpha value is -0.940. The van der Waals surface area contributed by atoms with Gasteiger partial charge in [-0.05, 0) is 40.5 Å². The zero-order chi connectivity index (χ0) is 14.8. The predicted molar refractivity (Wildman–Crippen MR) is 81.5 cm³/mol. The van der Waals surface area contributed by atoms with Gasteiger partial charge in [0.25, 0.3) is 0 Å². The second-order valence-electron chi connectivity index (χ2n) is 7.25. The molecule has 1 aromatic heterocycles. The van der Waals surface area contributed by atoms with Gasteiger partial charge in [0, 0.05) is 30.7 Å². The van der Waals surface area contributed by atoms with E-state index in [1.807, 2.05) is 4.68 Å². The van der Waals surface area contributed by atoms with Crippen molar-refractivity contribution in [1.29, 1.82) is 0 Å². The molecule has 0 radical (unpaired) electrons. The first-order valence-electron chi connectivity index (χ1n) is 7.70. The van der Waals surface area contributed by atoms with Gasteiger partial charge in [-0.15, -0.1) is 0 Å². The highest BCUT2D eigenvalue weighted by Crippen LogP contribution is 2.22. The van der Waals surface area contributed by atoms with Gasteiger partial charge in [-0.1, -0.05) is 6.92 Å². The highest BCUT2D eigenvalue weighted by Gasteiger charge is 2.33. The molecule has 0 aliphatic carbocycles. The second-order valence-corrected chi connectivity index (χ2v) is 7.25. The maximum Gasteiger partial charge on any atom is 0.141 e. The van der Waals surface area contributed by atoms with Gasteiger partial charge in [0.2, 0.25) is 0 Å². The molecule has 0 spiro atoms. The lowest BCUT2D eigenvalue weighted by molar-refractivity contribution is 0.211. The number of rotatable bonds is 4. The molecule has 0 bridgehead atoms. The summed E-state index contributed by atoms with van der Waals surface area (Å²) in [4.78, 5) is 6.93. The van der Waals surface area contributed by atoms with Crippen molar-refractivity contribution < 1.29 is 0 Å². The molecule has 114 valence electrons. The third-order valence-corrected chi connectivity index (χ3v) is 3.84. The largest absolute Gasteiger partial charge is 0.306 e. The molecule has 0 saturated carbocycles. The molecular weight excluding hydrogens is 250 g/mol. The molecule has 1 aliphatic rings. The minimum absolute atomic E-state index is 0.121. The summed E-state index contributed by atoms with van der Waals surface area (Å²) in [6.45, 7) is 15.3. The smallest absolute Gasteiger partial charge is 0.141 e. The molecule has 20 heavy (non-hydrogen) atoms. The number of aromatic nitrogens is 3. The van der Waals surface area contributed by atoms with E-state index in [0.717, 1.165) is 44.8 Å². The molecule has 5 heteroatoms. The van der Waals surface area contributed by atoms with Gasteiger partial charge in [0.1, 0.15) is 12.2 Å². The SMILES string of the molecule is CCCn1ncnc1CN1CCC(C)(C)NC(C)(C)C1. The third kappa shape index (κ3) is 4.03. The van der Waals surface area contributed by atoms with E-state index in [4.69, 9.17) is 0 Å². The topological polar surface area (TPSA) is 46.0 Å². The van der Waals surface area contributed by atoms with E-state index in [1.54, 1.807) is 6.33 Å². The Bertz CT molecular complexity index is 435. The minimum atomic E-state index is 0.121. The van der Waals surface area contributed by atoms with Gasteiger partial charge in [-0.2, -0.15) is 5.10 Å². The van der Waals surface area contributed by atoms with Gasteiger partial charge in [0.15, 0.2) is 0 Å². The highest BCUT2D eigenvalue weighted by atomic mass is 15.4. The number of nitrogens with one attached hydrogen (secondary N) is 1.